The number of benzene rings is 3. The molecular formula is C25H24Cl3N3O4S. The Labute approximate surface area is 225 Å². The highest BCUT2D eigenvalue weighted by Crippen LogP contribution is 2.29. The van der Waals surface area contributed by atoms with Crippen LogP contribution in [0.3, 0.4) is 0 Å². The summed E-state index contributed by atoms with van der Waals surface area (Å²) < 4.78 is 33.4. The number of amides is 1. The zero-order chi connectivity index (χ0) is 25.9. The van der Waals surface area contributed by atoms with Gasteiger partial charge in [-0.25, -0.2) is 8.42 Å². The van der Waals surface area contributed by atoms with Crippen molar-refractivity contribution in [1.82, 2.24) is 4.90 Å². The number of rotatable bonds is 7. The van der Waals surface area contributed by atoms with E-state index in [2.05, 4.69) is 9.62 Å². The Hall–Kier alpha value is -2.65. The molecule has 0 saturated carbocycles. The Kier molecular flexibility index (Phi) is 8.20. The van der Waals surface area contributed by atoms with Gasteiger partial charge in [-0.2, -0.15) is 0 Å². The summed E-state index contributed by atoms with van der Waals surface area (Å²) in [6, 6.07) is 16.2. The summed E-state index contributed by atoms with van der Waals surface area (Å²) in [5, 5.41) is 1.26. The van der Waals surface area contributed by atoms with Crippen molar-refractivity contribution in [2.45, 2.75) is 11.8 Å². The third-order valence-electron chi connectivity index (χ3n) is 5.81. The maximum absolute atomic E-state index is 12.7. The molecule has 4 rings (SSSR count). The molecule has 0 unspecified atom stereocenters. The molecule has 0 bridgehead atoms. The van der Waals surface area contributed by atoms with Crippen LogP contribution in [-0.4, -0.2) is 52.0 Å². The SMILES string of the molecule is Cc1ccc(Cl)cc1N1CCN(C(=O)COc2ccc(S(=O)(=O)Nc3ccc(Cl)cc3)cc2Cl)CC1. The largest absolute Gasteiger partial charge is 0.482 e. The average molecular weight is 569 g/mol. The van der Waals surface area contributed by atoms with Gasteiger partial charge < -0.3 is 14.5 Å². The van der Waals surface area contributed by atoms with E-state index < -0.39 is 10.0 Å². The lowest BCUT2D eigenvalue weighted by Gasteiger charge is -2.36. The smallest absolute Gasteiger partial charge is 0.261 e. The van der Waals surface area contributed by atoms with Gasteiger partial charge in [-0.15, -0.1) is 0 Å². The second kappa shape index (κ2) is 11.2. The summed E-state index contributed by atoms with van der Waals surface area (Å²) in [4.78, 5) is 16.6. The first-order valence-corrected chi connectivity index (χ1v) is 13.7. The molecular weight excluding hydrogens is 545 g/mol. The standard InChI is InChI=1S/C25H24Cl3N3O4S/c1-17-2-3-19(27)14-23(17)30-10-12-31(13-11-30)25(32)16-35-24-9-8-21(15-22(24)28)36(33,34)29-20-6-4-18(26)5-7-20/h2-9,14-15,29H,10-13,16H2,1H3. The first-order chi connectivity index (χ1) is 17.1. The molecule has 0 radical (unpaired) electrons. The van der Waals surface area contributed by atoms with E-state index >= 15 is 0 Å². The number of nitrogens with zero attached hydrogens (tertiary/aromatic N) is 2. The van der Waals surface area contributed by atoms with Crippen LogP contribution in [0, 0.1) is 6.92 Å². The van der Waals surface area contributed by atoms with E-state index in [1.165, 1.54) is 18.2 Å². The summed E-state index contributed by atoms with van der Waals surface area (Å²) >= 11 is 18.2. The molecule has 0 atom stereocenters. The van der Waals surface area contributed by atoms with E-state index in [0.29, 0.717) is 41.9 Å². The second-order valence-electron chi connectivity index (χ2n) is 8.29. The number of sulfonamides is 1. The van der Waals surface area contributed by atoms with Crippen LogP contribution in [0.25, 0.3) is 0 Å². The number of aryl methyl sites for hydroxylation is 1. The number of halogens is 3. The number of ether oxygens (including phenoxy) is 1. The fourth-order valence-corrected chi connectivity index (χ4v) is 5.53. The first-order valence-electron chi connectivity index (χ1n) is 11.1. The van der Waals surface area contributed by atoms with Gasteiger partial charge in [0.25, 0.3) is 15.9 Å². The Morgan fingerprint density at radius 2 is 1.58 bits per heavy atom. The quantitative estimate of drug-likeness (QED) is 0.408. The average Bonchev–Trinajstić information content (AvgIpc) is 2.86. The van der Waals surface area contributed by atoms with Gasteiger partial charge in [-0.1, -0.05) is 40.9 Å². The van der Waals surface area contributed by atoms with Crippen molar-refractivity contribution < 1.29 is 17.9 Å². The van der Waals surface area contributed by atoms with E-state index in [1.807, 2.05) is 25.1 Å². The minimum absolute atomic E-state index is 0.0337. The molecule has 1 aliphatic heterocycles. The molecule has 11 heteroatoms. The molecule has 190 valence electrons. The molecule has 1 aliphatic rings. The van der Waals surface area contributed by atoms with Crippen LogP contribution in [0.5, 0.6) is 5.75 Å². The number of hydrogen-bond acceptors (Lipinski definition) is 5. The molecule has 1 N–H and O–H groups in total. The van der Waals surface area contributed by atoms with Crippen LogP contribution in [0.4, 0.5) is 11.4 Å². The first kappa shape index (κ1) is 26.4. The molecule has 0 aliphatic carbocycles. The van der Waals surface area contributed by atoms with Crippen LogP contribution < -0.4 is 14.4 Å². The van der Waals surface area contributed by atoms with E-state index in [9.17, 15) is 13.2 Å². The van der Waals surface area contributed by atoms with Crippen LogP contribution in [-0.2, 0) is 14.8 Å². The van der Waals surface area contributed by atoms with Crippen LogP contribution in [0.15, 0.2) is 65.6 Å². The summed E-state index contributed by atoms with van der Waals surface area (Å²) in [6.45, 7) is 4.29. The molecule has 1 heterocycles. The minimum Gasteiger partial charge on any atom is -0.482 e. The van der Waals surface area contributed by atoms with Crippen molar-refractivity contribution in [1.29, 1.82) is 0 Å². The van der Waals surface area contributed by atoms with Crippen molar-refractivity contribution in [3.8, 4) is 5.75 Å². The summed E-state index contributed by atoms with van der Waals surface area (Å²) in [5.41, 5.74) is 2.57. The predicted molar refractivity (Wildman–Crippen MR) is 144 cm³/mol. The van der Waals surface area contributed by atoms with E-state index in [1.54, 1.807) is 29.2 Å². The Morgan fingerprint density at radius 1 is 0.917 bits per heavy atom. The van der Waals surface area contributed by atoms with Crippen LogP contribution in [0.1, 0.15) is 5.56 Å². The lowest BCUT2D eigenvalue weighted by molar-refractivity contribution is -0.133. The number of carbonyl (C=O) groups excluding carboxylic acids is 1. The number of carbonyl (C=O) groups is 1. The monoisotopic (exact) mass is 567 g/mol. The third kappa shape index (κ3) is 6.37. The topological polar surface area (TPSA) is 79.0 Å². The van der Waals surface area contributed by atoms with Crippen molar-refractivity contribution in [3.63, 3.8) is 0 Å². The van der Waals surface area contributed by atoms with Gasteiger partial charge in [0.15, 0.2) is 6.61 Å². The highest BCUT2D eigenvalue weighted by molar-refractivity contribution is 7.92. The highest BCUT2D eigenvalue weighted by Gasteiger charge is 2.23. The number of hydrogen-bond donors (Lipinski definition) is 1. The summed E-state index contributed by atoms with van der Waals surface area (Å²) in [7, 11) is -3.87. The van der Waals surface area contributed by atoms with E-state index in [-0.39, 0.29) is 28.2 Å². The fourth-order valence-electron chi connectivity index (χ4n) is 3.85. The van der Waals surface area contributed by atoms with Crippen LogP contribution in [0.2, 0.25) is 15.1 Å². The highest BCUT2D eigenvalue weighted by atomic mass is 35.5. The van der Waals surface area contributed by atoms with Gasteiger partial charge in [-0.3, -0.25) is 9.52 Å². The normalized spacial score (nSPS) is 14.0. The lowest BCUT2D eigenvalue weighted by Crippen LogP contribution is -2.50. The fraction of sp³-hybridized carbons (Fsp3) is 0.240. The van der Waals surface area contributed by atoms with Crippen LogP contribution >= 0.6 is 34.8 Å². The van der Waals surface area contributed by atoms with Gasteiger partial charge in [0.05, 0.1) is 9.92 Å². The molecule has 3 aromatic carbocycles. The molecule has 1 amide bonds. The Bertz CT molecular complexity index is 1360. The maximum atomic E-state index is 12.7. The molecule has 36 heavy (non-hydrogen) atoms. The maximum Gasteiger partial charge on any atom is 0.261 e. The van der Waals surface area contributed by atoms with Gasteiger partial charge in [0.2, 0.25) is 0 Å². The number of nitrogens with one attached hydrogen (secondary N) is 1. The Balaban J connectivity index is 1.32. The van der Waals surface area contributed by atoms with E-state index in [0.717, 1.165) is 11.3 Å². The zero-order valence-electron chi connectivity index (χ0n) is 19.4. The second-order valence-corrected chi connectivity index (χ2v) is 11.3. The minimum atomic E-state index is -3.87. The van der Waals surface area contributed by atoms with Gasteiger partial charge in [-0.05, 0) is 67.1 Å². The summed E-state index contributed by atoms with van der Waals surface area (Å²) in [5.74, 6) is 0.0540. The van der Waals surface area contributed by atoms with Gasteiger partial charge >= 0.3 is 0 Å². The molecule has 1 fully saturated rings. The van der Waals surface area contributed by atoms with Gasteiger partial charge in [0, 0.05) is 47.6 Å². The van der Waals surface area contributed by atoms with Crippen molar-refractivity contribution in [2.75, 3.05) is 42.4 Å². The Morgan fingerprint density at radius 3 is 2.25 bits per heavy atom. The van der Waals surface area contributed by atoms with E-state index in [4.69, 9.17) is 39.5 Å². The number of anilines is 2. The number of piperazine rings is 1. The predicted octanol–water partition coefficient (Wildman–Crippen LogP) is 5.48. The zero-order valence-corrected chi connectivity index (χ0v) is 22.5. The molecule has 0 aromatic heterocycles. The van der Waals surface area contributed by atoms with Crippen molar-refractivity contribution in [3.05, 3.63) is 81.3 Å². The molecule has 1 saturated heterocycles. The molecule has 0 spiro atoms. The molecule has 7 nitrogen and oxygen atoms in total. The van der Waals surface area contributed by atoms with Crippen molar-refractivity contribution >= 4 is 62.1 Å². The van der Waals surface area contributed by atoms with Gasteiger partial charge in [0.1, 0.15) is 5.75 Å². The lowest BCUT2D eigenvalue weighted by atomic mass is 10.1. The van der Waals surface area contributed by atoms with Crippen molar-refractivity contribution in [2.24, 2.45) is 0 Å². The third-order valence-corrected chi connectivity index (χ3v) is 7.97. The summed E-state index contributed by atoms with van der Waals surface area (Å²) in [6.07, 6.45) is 0. The molecule has 3 aromatic rings.